The summed E-state index contributed by atoms with van der Waals surface area (Å²) in [5.74, 6) is 0. The first kappa shape index (κ1) is 9.66. The van der Waals surface area contributed by atoms with Crippen LogP contribution in [0.15, 0.2) is 4.99 Å². The summed E-state index contributed by atoms with van der Waals surface area (Å²) in [6.07, 6.45) is 7.08. The molecule has 0 N–H and O–H groups in total. The van der Waals surface area contributed by atoms with Crippen LogP contribution in [0.25, 0.3) is 0 Å². The van der Waals surface area contributed by atoms with Crippen LogP contribution < -0.4 is 0 Å². The Morgan fingerprint density at radius 2 is 2.50 bits per heavy atom. The van der Waals surface area contributed by atoms with E-state index in [1.165, 1.54) is 12.6 Å². The zero-order valence-corrected chi connectivity index (χ0v) is 8.20. The molecule has 68 valence electrons. The summed E-state index contributed by atoms with van der Waals surface area (Å²) >= 11 is 0. The van der Waals surface area contributed by atoms with Gasteiger partial charge in [-0.1, -0.05) is 0 Å². The van der Waals surface area contributed by atoms with Crippen LogP contribution in [-0.4, -0.2) is 36.5 Å². The summed E-state index contributed by atoms with van der Waals surface area (Å²) in [5.41, 5.74) is 0. The molecule has 1 atom stereocenters. The number of unbranched alkanes of at least 4 members (excludes halogenated alkanes) is 2. The smallest absolute Gasteiger partial charge is 0.119 e. The summed E-state index contributed by atoms with van der Waals surface area (Å²) in [5, 5.41) is 0. The van der Waals surface area contributed by atoms with Gasteiger partial charge in [0.05, 0.1) is 12.9 Å². The van der Waals surface area contributed by atoms with Crippen molar-refractivity contribution in [2.24, 2.45) is 4.99 Å². The largest absolute Gasteiger partial charge is 0.343 e. The molecule has 0 spiro atoms. The van der Waals surface area contributed by atoms with Crippen molar-refractivity contribution in [1.82, 2.24) is 4.67 Å². The van der Waals surface area contributed by atoms with Gasteiger partial charge >= 0.3 is 0 Å². The van der Waals surface area contributed by atoms with E-state index < -0.39 is 0 Å². The predicted molar refractivity (Wildman–Crippen MR) is 53.2 cm³/mol. The Kier molecular flexibility index (Phi) is 4.93. The quantitative estimate of drug-likeness (QED) is 0.356. The molecule has 1 heterocycles. The maximum absolute atomic E-state index is 9.99. The maximum Gasteiger partial charge on any atom is 0.119 e. The van der Waals surface area contributed by atoms with Gasteiger partial charge in [0.15, 0.2) is 0 Å². The Morgan fingerprint density at radius 1 is 1.58 bits per heavy atom. The van der Waals surface area contributed by atoms with E-state index in [0.717, 1.165) is 40.9 Å². The molecule has 4 heteroatoms. The molecule has 0 amide bonds. The topological polar surface area (TPSA) is 32.7 Å². The predicted octanol–water partition coefficient (Wildman–Crippen LogP) is 1.29. The Balaban J connectivity index is 1.88. The minimum atomic E-state index is 0.721. The highest BCUT2D eigenvalue weighted by atomic mass is 31.1. The van der Waals surface area contributed by atoms with Crippen molar-refractivity contribution in [1.29, 1.82) is 0 Å². The summed E-state index contributed by atoms with van der Waals surface area (Å²) in [6, 6.07) is 0. The van der Waals surface area contributed by atoms with Gasteiger partial charge in [-0.15, -0.1) is 0 Å². The molecule has 1 aliphatic heterocycles. The van der Waals surface area contributed by atoms with E-state index in [1.54, 1.807) is 0 Å². The van der Waals surface area contributed by atoms with E-state index in [-0.39, 0.29) is 0 Å². The molecule has 0 saturated heterocycles. The van der Waals surface area contributed by atoms with Crippen LogP contribution in [0, 0.1) is 0 Å². The average Bonchev–Trinajstić information content (AvgIpc) is 2.57. The fraction of sp³-hybridized carbons (Fsp3) is 0.750. The van der Waals surface area contributed by atoms with Crippen LogP contribution in [0.1, 0.15) is 19.3 Å². The Bertz CT molecular complexity index is 161. The molecule has 1 rings (SSSR count). The molecule has 3 nitrogen and oxygen atoms in total. The maximum atomic E-state index is 9.99. The highest BCUT2D eigenvalue weighted by Crippen LogP contribution is 2.19. The molecule has 1 unspecified atom stereocenters. The molecular weight excluding hydrogens is 171 g/mol. The van der Waals surface area contributed by atoms with Gasteiger partial charge in [0.25, 0.3) is 0 Å². The summed E-state index contributed by atoms with van der Waals surface area (Å²) in [4.78, 5) is 14.1. The lowest BCUT2D eigenvalue weighted by atomic mass is 10.3. The fourth-order valence-corrected chi connectivity index (χ4v) is 2.19. The standard InChI is InChI=1S/C8H15N2OP/c11-6-2-1-3-7-12-10-5-4-9-8-10/h6,8,12H,1-5,7H2. The van der Waals surface area contributed by atoms with Crippen molar-refractivity contribution in [3.8, 4) is 0 Å². The van der Waals surface area contributed by atoms with Crippen LogP contribution in [0.5, 0.6) is 0 Å². The third-order valence-electron chi connectivity index (χ3n) is 1.75. The van der Waals surface area contributed by atoms with Gasteiger partial charge in [0, 0.05) is 13.0 Å². The highest BCUT2D eigenvalue weighted by molar-refractivity contribution is 7.36. The molecule has 0 aromatic carbocycles. The summed E-state index contributed by atoms with van der Waals surface area (Å²) < 4.78 is 2.26. The van der Waals surface area contributed by atoms with Crippen molar-refractivity contribution >= 4 is 21.4 Å². The normalized spacial score (nSPS) is 16.5. The molecular formula is C8H15N2OP. The number of nitrogens with zero attached hydrogens (tertiary/aromatic N) is 2. The summed E-state index contributed by atoms with van der Waals surface area (Å²) in [7, 11) is 0.865. The molecule has 0 saturated carbocycles. The highest BCUT2D eigenvalue weighted by Gasteiger charge is 2.03. The van der Waals surface area contributed by atoms with Crippen molar-refractivity contribution in [3.05, 3.63) is 0 Å². The molecule has 0 aromatic rings. The minimum absolute atomic E-state index is 0.721. The van der Waals surface area contributed by atoms with E-state index in [9.17, 15) is 4.79 Å². The average molecular weight is 186 g/mol. The Hall–Kier alpha value is -0.430. The zero-order chi connectivity index (χ0) is 8.65. The molecule has 0 aliphatic carbocycles. The van der Waals surface area contributed by atoms with E-state index in [2.05, 4.69) is 9.66 Å². The van der Waals surface area contributed by atoms with Crippen molar-refractivity contribution < 1.29 is 4.79 Å². The zero-order valence-electron chi connectivity index (χ0n) is 7.20. The molecule has 0 fully saturated rings. The second-order valence-electron chi connectivity index (χ2n) is 2.79. The van der Waals surface area contributed by atoms with E-state index in [1.807, 2.05) is 6.34 Å². The van der Waals surface area contributed by atoms with Crippen LogP contribution in [0.2, 0.25) is 0 Å². The lowest BCUT2D eigenvalue weighted by Crippen LogP contribution is -2.08. The molecule has 0 bridgehead atoms. The first-order valence-electron chi connectivity index (χ1n) is 4.37. The first-order valence-corrected chi connectivity index (χ1v) is 5.52. The van der Waals surface area contributed by atoms with E-state index in [0.29, 0.717) is 0 Å². The molecule has 12 heavy (non-hydrogen) atoms. The van der Waals surface area contributed by atoms with Gasteiger partial charge in [0.1, 0.15) is 6.29 Å². The van der Waals surface area contributed by atoms with Crippen LogP contribution in [0.4, 0.5) is 0 Å². The number of hydrogen-bond donors (Lipinski definition) is 0. The molecule has 0 aromatic heterocycles. The van der Waals surface area contributed by atoms with Gasteiger partial charge in [0.2, 0.25) is 0 Å². The van der Waals surface area contributed by atoms with Crippen LogP contribution >= 0.6 is 8.73 Å². The van der Waals surface area contributed by atoms with Crippen molar-refractivity contribution in [3.63, 3.8) is 0 Å². The van der Waals surface area contributed by atoms with Gasteiger partial charge in [-0.05, 0) is 27.7 Å². The van der Waals surface area contributed by atoms with Gasteiger partial charge in [-0.2, -0.15) is 0 Å². The number of rotatable bonds is 6. The van der Waals surface area contributed by atoms with Crippen LogP contribution in [-0.2, 0) is 4.79 Å². The van der Waals surface area contributed by atoms with Gasteiger partial charge < -0.3 is 9.46 Å². The second-order valence-corrected chi connectivity index (χ2v) is 4.18. The Morgan fingerprint density at radius 3 is 3.17 bits per heavy atom. The first-order chi connectivity index (χ1) is 5.93. The third kappa shape index (κ3) is 3.82. The number of aldehydes is 1. The monoisotopic (exact) mass is 186 g/mol. The second kappa shape index (κ2) is 6.13. The van der Waals surface area contributed by atoms with Crippen molar-refractivity contribution in [2.45, 2.75) is 19.3 Å². The number of carbonyl (C=O) groups is 1. The number of carbonyl (C=O) groups excluding carboxylic acids is 1. The molecule has 1 aliphatic rings. The summed E-state index contributed by atoms with van der Waals surface area (Å²) in [6.45, 7) is 2.05. The SMILES string of the molecule is O=CCCCCPN1C=NCC1. The van der Waals surface area contributed by atoms with Crippen molar-refractivity contribution in [2.75, 3.05) is 19.3 Å². The number of hydrogen-bond acceptors (Lipinski definition) is 3. The van der Waals surface area contributed by atoms with Crippen LogP contribution in [0.3, 0.4) is 0 Å². The Labute approximate surface area is 75.1 Å². The lowest BCUT2D eigenvalue weighted by Gasteiger charge is -2.12. The van der Waals surface area contributed by atoms with E-state index >= 15 is 0 Å². The van der Waals surface area contributed by atoms with E-state index in [4.69, 9.17) is 0 Å². The third-order valence-corrected chi connectivity index (χ3v) is 3.08. The lowest BCUT2D eigenvalue weighted by molar-refractivity contribution is -0.107. The van der Waals surface area contributed by atoms with Gasteiger partial charge in [-0.3, -0.25) is 4.99 Å². The fourth-order valence-electron chi connectivity index (χ4n) is 1.07. The molecule has 0 radical (unpaired) electrons. The number of aliphatic imine (C=N–C) groups is 1. The minimum Gasteiger partial charge on any atom is -0.343 e. The van der Waals surface area contributed by atoms with Gasteiger partial charge in [-0.25, -0.2) is 0 Å².